The van der Waals surface area contributed by atoms with Gasteiger partial charge >= 0.3 is 5.97 Å². The maximum Gasteiger partial charge on any atom is 0.338 e. The second-order valence-corrected chi connectivity index (χ2v) is 8.38. The number of carboxylic acid groups (broad SMARTS) is 1. The molecular formula is C15H17FN2O5S. The summed E-state index contributed by atoms with van der Waals surface area (Å²) >= 11 is 0. The van der Waals surface area contributed by atoms with Crippen LogP contribution in [0.25, 0.3) is 0 Å². The van der Waals surface area contributed by atoms with E-state index in [1.165, 1.54) is 6.92 Å². The quantitative estimate of drug-likeness (QED) is 0.831. The van der Waals surface area contributed by atoms with Crippen LogP contribution in [0.3, 0.4) is 0 Å². The number of aryl methyl sites for hydroxylation is 1. The minimum atomic E-state index is -4.17. The molecule has 2 heterocycles. The Kier molecular flexibility index (Phi) is 3.88. The second-order valence-electron chi connectivity index (χ2n) is 6.47. The van der Waals surface area contributed by atoms with Gasteiger partial charge in [-0.25, -0.2) is 17.6 Å². The molecule has 2 aliphatic rings. The summed E-state index contributed by atoms with van der Waals surface area (Å²) in [6.45, 7) is 2.20. The number of aromatic carboxylic acids is 1. The van der Waals surface area contributed by atoms with Crippen molar-refractivity contribution in [1.82, 2.24) is 9.62 Å². The third kappa shape index (κ3) is 2.67. The number of benzene rings is 1. The summed E-state index contributed by atoms with van der Waals surface area (Å²) in [5.74, 6) is -2.89. The van der Waals surface area contributed by atoms with E-state index in [2.05, 4.69) is 5.32 Å². The van der Waals surface area contributed by atoms with Gasteiger partial charge in [0.1, 0.15) is 4.90 Å². The fourth-order valence-electron chi connectivity index (χ4n) is 3.36. The topological polar surface area (TPSA) is 104 Å². The average molecular weight is 356 g/mol. The number of carbonyl (C=O) groups excluding carboxylic acids is 1. The lowest BCUT2D eigenvalue weighted by Crippen LogP contribution is -2.34. The lowest BCUT2D eigenvalue weighted by molar-refractivity contribution is -0.119. The number of hydrogen-bond acceptors (Lipinski definition) is 4. The first-order valence-electron chi connectivity index (χ1n) is 7.45. The molecular weight excluding hydrogens is 339 g/mol. The van der Waals surface area contributed by atoms with Crippen LogP contribution in [0.4, 0.5) is 4.39 Å². The Morgan fingerprint density at radius 1 is 1.42 bits per heavy atom. The van der Waals surface area contributed by atoms with Crippen LogP contribution in [0.1, 0.15) is 28.8 Å². The Bertz CT molecular complexity index is 839. The minimum absolute atomic E-state index is 0.115. The zero-order chi connectivity index (χ0) is 17.7. The zero-order valence-corrected chi connectivity index (χ0v) is 13.8. The highest BCUT2D eigenvalue weighted by Gasteiger charge is 2.47. The smallest absolute Gasteiger partial charge is 0.338 e. The largest absolute Gasteiger partial charge is 0.478 e. The molecule has 2 fully saturated rings. The van der Waals surface area contributed by atoms with E-state index in [4.69, 9.17) is 5.11 Å². The van der Waals surface area contributed by atoms with Crippen molar-refractivity contribution in [3.8, 4) is 0 Å². The molecule has 7 nitrogen and oxygen atoms in total. The van der Waals surface area contributed by atoms with Gasteiger partial charge < -0.3 is 10.4 Å². The standard InChI is InChI=1S/C15H17FN2O5S/c1-9-4-10(14(20)21)13(16)11(5-9)24(22,23)18-3-2-15(8-18)6-12(19)17-7-15/h4-5H,2-3,6-8H2,1H3,(H,17,19)(H,20,21). The van der Waals surface area contributed by atoms with Crippen LogP contribution in [-0.2, 0) is 14.8 Å². The van der Waals surface area contributed by atoms with Crippen LogP contribution >= 0.6 is 0 Å². The summed E-state index contributed by atoms with van der Waals surface area (Å²) in [6.07, 6.45) is 0.750. The molecule has 2 aliphatic heterocycles. The van der Waals surface area contributed by atoms with Crippen LogP contribution in [0.5, 0.6) is 0 Å². The molecule has 130 valence electrons. The van der Waals surface area contributed by atoms with Gasteiger partial charge in [0.15, 0.2) is 5.82 Å². The van der Waals surface area contributed by atoms with Crippen molar-refractivity contribution < 1.29 is 27.5 Å². The molecule has 1 aromatic carbocycles. The van der Waals surface area contributed by atoms with E-state index in [1.807, 2.05) is 0 Å². The summed E-state index contributed by atoms with van der Waals surface area (Å²) in [5, 5.41) is 11.7. The third-order valence-corrected chi connectivity index (χ3v) is 6.48. The normalized spacial score (nSPS) is 24.5. The lowest BCUT2D eigenvalue weighted by atomic mass is 9.86. The highest BCUT2D eigenvalue weighted by atomic mass is 32.2. The van der Waals surface area contributed by atoms with Crippen molar-refractivity contribution in [2.24, 2.45) is 5.41 Å². The molecule has 2 N–H and O–H groups in total. The first-order valence-corrected chi connectivity index (χ1v) is 8.89. The molecule has 1 unspecified atom stereocenters. The summed E-state index contributed by atoms with van der Waals surface area (Å²) in [6, 6.07) is 2.24. The van der Waals surface area contributed by atoms with Gasteiger partial charge in [-0.15, -0.1) is 0 Å². The number of sulfonamides is 1. The highest BCUT2D eigenvalue weighted by molar-refractivity contribution is 7.89. The molecule has 1 spiro atoms. The van der Waals surface area contributed by atoms with Crippen LogP contribution in [0.15, 0.2) is 17.0 Å². The number of hydrogen-bond donors (Lipinski definition) is 2. The van der Waals surface area contributed by atoms with Crippen molar-refractivity contribution in [2.75, 3.05) is 19.6 Å². The molecule has 1 aromatic rings. The van der Waals surface area contributed by atoms with Crippen molar-refractivity contribution in [1.29, 1.82) is 0 Å². The van der Waals surface area contributed by atoms with E-state index in [0.29, 0.717) is 18.5 Å². The Labute approximate surface area is 138 Å². The summed E-state index contributed by atoms with van der Waals surface area (Å²) in [5.41, 5.74) is -0.778. The molecule has 24 heavy (non-hydrogen) atoms. The molecule has 0 aliphatic carbocycles. The lowest BCUT2D eigenvalue weighted by Gasteiger charge is -2.22. The van der Waals surface area contributed by atoms with Gasteiger partial charge in [-0.1, -0.05) is 0 Å². The molecule has 0 saturated carbocycles. The number of halogens is 1. The average Bonchev–Trinajstić information content (AvgIpc) is 3.08. The van der Waals surface area contributed by atoms with Crippen molar-refractivity contribution in [3.05, 3.63) is 29.1 Å². The molecule has 9 heteroatoms. The first-order chi connectivity index (χ1) is 11.1. The Hall–Kier alpha value is -2.00. The number of rotatable bonds is 3. The van der Waals surface area contributed by atoms with E-state index >= 15 is 0 Å². The third-order valence-electron chi connectivity index (χ3n) is 4.63. The van der Waals surface area contributed by atoms with Gasteiger partial charge in [0.05, 0.1) is 5.56 Å². The molecule has 0 aromatic heterocycles. The van der Waals surface area contributed by atoms with Gasteiger partial charge in [0, 0.05) is 31.5 Å². The fourth-order valence-corrected chi connectivity index (χ4v) is 5.08. The molecule has 2 saturated heterocycles. The SMILES string of the molecule is Cc1cc(C(=O)O)c(F)c(S(=O)(=O)N2CCC3(CNC(=O)C3)C2)c1. The van der Waals surface area contributed by atoms with Gasteiger partial charge in [0.25, 0.3) is 0 Å². The summed E-state index contributed by atoms with van der Waals surface area (Å²) < 4.78 is 41.1. The van der Waals surface area contributed by atoms with Crippen LogP contribution < -0.4 is 5.32 Å². The van der Waals surface area contributed by atoms with E-state index in [1.54, 1.807) is 0 Å². The summed E-state index contributed by atoms with van der Waals surface area (Å²) in [4.78, 5) is 21.9. The van der Waals surface area contributed by atoms with Crippen molar-refractivity contribution >= 4 is 21.9 Å². The minimum Gasteiger partial charge on any atom is -0.478 e. The van der Waals surface area contributed by atoms with Crippen molar-refractivity contribution in [2.45, 2.75) is 24.7 Å². The van der Waals surface area contributed by atoms with Crippen molar-refractivity contribution in [3.63, 3.8) is 0 Å². The number of amides is 1. The van der Waals surface area contributed by atoms with Gasteiger partial charge in [0.2, 0.25) is 15.9 Å². The number of carboxylic acids is 1. The number of nitrogens with zero attached hydrogens (tertiary/aromatic N) is 1. The monoisotopic (exact) mass is 356 g/mol. The van der Waals surface area contributed by atoms with Crippen LogP contribution in [0, 0.1) is 18.2 Å². The maximum atomic E-state index is 14.4. The molecule has 0 radical (unpaired) electrons. The second kappa shape index (κ2) is 5.52. The molecule has 1 atom stereocenters. The number of nitrogens with one attached hydrogen (secondary N) is 1. The highest BCUT2D eigenvalue weighted by Crippen LogP contribution is 2.39. The van der Waals surface area contributed by atoms with E-state index in [-0.39, 0.29) is 25.4 Å². The van der Waals surface area contributed by atoms with Gasteiger partial charge in [-0.2, -0.15) is 4.31 Å². The predicted octanol–water partition coefficient (Wildman–Crippen LogP) is 0.733. The first kappa shape index (κ1) is 16.8. The predicted molar refractivity (Wildman–Crippen MR) is 81.5 cm³/mol. The molecule has 1 amide bonds. The zero-order valence-electron chi connectivity index (χ0n) is 13.0. The Morgan fingerprint density at radius 2 is 2.12 bits per heavy atom. The van der Waals surface area contributed by atoms with Gasteiger partial charge in [-0.3, -0.25) is 4.79 Å². The van der Waals surface area contributed by atoms with E-state index in [9.17, 15) is 22.4 Å². The maximum absolute atomic E-state index is 14.4. The van der Waals surface area contributed by atoms with Crippen LogP contribution in [-0.4, -0.2) is 49.3 Å². The molecule has 0 bridgehead atoms. The van der Waals surface area contributed by atoms with Gasteiger partial charge in [-0.05, 0) is 31.0 Å². The molecule has 3 rings (SSSR count). The fraction of sp³-hybridized carbons (Fsp3) is 0.467. The summed E-state index contributed by atoms with van der Waals surface area (Å²) in [7, 11) is -4.17. The van der Waals surface area contributed by atoms with Crippen LogP contribution in [0.2, 0.25) is 0 Å². The Morgan fingerprint density at radius 3 is 2.71 bits per heavy atom. The Balaban J connectivity index is 1.98. The number of carbonyl (C=O) groups is 2. The van der Waals surface area contributed by atoms with E-state index in [0.717, 1.165) is 16.4 Å². The van der Waals surface area contributed by atoms with E-state index < -0.39 is 37.7 Å².